The third-order valence-corrected chi connectivity index (χ3v) is 3.46. The molecule has 1 aromatic carbocycles. The lowest BCUT2D eigenvalue weighted by Gasteiger charge is -2.32. The molecule has 0 aliphatic carbocycles. The van der Waals surface area contributed by atoms with Crippen LogP contribution in [-0.2, 0) is 16.1 Å². The molecule has 0 radical (unpaired) electrons. The Morgan fingerprint density at radius 1 is 1.55 bits per heavy atom. The van der Waals surface area contributed by atoms with E-state index in [0.717, 1.165) is 24.4 Å². The zero-order valence-corrected chi connectivity index (χ0v) is 12.0. The van der Waals surface area contributed by atoms with Crippen LogP contribution in [0.25, 0.3) is 0 Å². The lowest BCUT2D eigenvalue weighted by atomic mass is 10.1. The minimum atomic E-state index is -0.815. The van der Waals surface area contributed by atoms with Gasteiger partial charge in [-0.1, -0.05) is 17.7 Å². The molecule has 1 heterocycles. The summed E-state index contributed by atoms with van der Waals surface area (Å²) in [6, 6.07) is 6.11. The van der Waals surface area contributed by atoms with Gasteiger partial charge in [-0.3, -0.25) is 9.69 Å². The van der Waals surface area contributed by atoms with Crippen LogP contribution in [0.2, 0.25) is 0 Å². The number of aliphatic carboxylic acids is 1. The summed E-state index contributed by atoms with van der Waals surface area (Å²) in [4.78, 5) is 13.0. The fourth-order valence-electron chi connectivity index (χ4n) is 2.51. The molecule has 5 heteroatoms. The maximum Gasteiger partial charge on any atom is 0.306 e. The van der Waals surface area contributed by atoms with Gasteiger partial charge in [-0.15, -0.1) is 0 Å². The van der Waals surface area contributed by atoms with E-state index in [9.17, 15) is 4.79 Å². The van der Waals surface area contributed by atoms with E-state index in [2.05, 4.69) is 17.9 Å². The Morgan fingerprint density at radius 3 is 3.05 bits per heavy atom. The summed E-state index contributed by atoms with van der Waals surface area (Å²) in [5.41, 5.74) is 2.32. The Hall–Kier alpha value is -1.59. The third kappa shape index (κ3) is 3.95. The van der Waals surface area contributed by atoms with Gasteiger partial charge in [-0.25, -0.2) is 0 Å². The van der Waals surface area contributed by atoms with Gasteiger partial charge in [0.2, 0.25) is 0 Å². The van der Waals surface area contributed by atoms with Crippen molar-refractivity contribution in [2.75, 3.05) is 26.8 Å². The number of carbonyl (C=O) groups is 1. The normalized spacial score (nSPS) is 19.8. The maximum atomic E-state index is 10.8. The SMILES string of the molecule is COc1ccc(C)cc1CN1CCOC(CC(=O)O)C1. The summed E-state index contributed by atoms with van der Waals surface area (Å²) in [6.45, 7) is 4.84. The van der Waals surface area contributed by atoms with E-state index in [-0.39, 0.29) is 12.5 Å². The largest absolute Gasteiger partial charge is 0.496 e. The van der Waals surface area contributed by atoms with Crippen molar-refractivity contribution in [1.29, 1.82) is 0 Å². The Labute approximate surface area is 119 Å². The van der Waals surface area contributed by atoms with Crippen LogP contribution in [-0.4, -0.2) is 48.9 Å². The van der Waals surface area contributed by atoms with E-state index in [4.69, 9.17) is 14.6 Å². The van der Waals surface area contributed by atoms with Crippen molar-refractivity contribution >= 4 is 5.97 Å². The minimum absolute atomic E-state index is 0.0570. The maximum absolute atomic E-state index is 10.8. The quantitative estimate of drug-likeness (QED) is 0.888. The van der Waals surface area contributed by atoms with Crippen LogP contribution in [0.4, 0.5) is 0 Å². The number of nitrogens with zero attached hydrogens (tertiary/aromatic N) is 1. The number of rotatable bonds is 5. The fourth-order valence-corrected chi connectivity index (χ4v) is 2.51. The molecular formula is C15H21NO4. The van der Waals surface area contributed by atoms with Crippen LogP contribution >= 0.6 is 0 Å². The van der Waals surface area contributed by atoms with Gasteiger partial charge in [0, 0.05) is 25.2 Å². The van der Waals surface area contributed by atoms with Gasteiger partial charge < -0.3 is 14.6 Å². The van der Waals surface area contributed by atoms with Gasteiger partial charge in [0.05, 0.1) is 26.2 Å². The highest BCUT2D eigenvalue weighted by Crippen LogP contribution is 2.22. The van der Waals surface area contributed by atoms with Crippen LogP contribution in [0.5, 0.6) is 5.75 Å². The number of aryl methyl sites for hydroxylation is 1. The molecule has 1 saturated heterocycles. The second-order valence-corrected chi connectivity index (χ2v) is 5.14. The number of hydrogen-bond acceptors (Lipinski definition) is 4. The first kappa shape index (κ1) is 14.8. The molecule has 1 aliphatic heterocycles. The van der Waals surface area contributed by atoms with Gasteiger partial charge >= 0.3 is 5.97 Å². The van der Waals surface area contributed by atoms with Gasteiger partial charge in [0.25, 0.3) is 0 Å². The van der Waals surface area contributed by atoms with Crippen molar-refractivity contribution < 1.29 is 19.4 Å². The van der Waals surface area contributed by atoms with Crippen LogP contribution in [0.3, 0.4) is 0 Å². The third-order valence-electron chi connectivity index (χ3n) is 3.46. The first-order valence-corrected chi connectivity index (χ1v) is 6.77. The molecule has 1 aliphatic rings. The zero-order chi connectivity index (χ0) is 14.5. The Kier molecular flexibility index (Phi) is 4.98. The Balaban J connectivity index is 2.02. The second-order valence-electron chi connectivity index (χ2n) is 5.14. The molecule has 1 aromatic rings. The molecular weight excluding hydrogens is 258 g/mol. The predicted molar refractivity (Wildman–Crippen MR) is 75.0 cm³/mol. The Morgan fingerprint density at radius 2 is 2.35 bits per heavy atom. The number of carboxylic acids is 1. The molecule has 1 unspecified atom stereocenters. The van der Waals surface area contributed by atoms with Gasteiger partial charge in [-0.05, 0) is 13.0 Å². The molecule has 0 bridgehead atoms. The number of ether oxygens (including phenoxy) is 2. The zero-order valence-electron chi connectivity index (χ0n) is 12.0. The number of hydrogen-bond donors (Lipinski definition) is 1. The molecule has 110 valence electrons. The van der Waals surface area contributed by atoms with Crippen molar-refractivity contribution in [3.05, 3.63) is 29.3 Å². The summed E-state index contributed by atoms with van der Waals surface area (Å²) in [7, 11) is 1.67. The molecule has 1 N–H and O–H groups in total. The first-order chi connectivity index (χ1) is 9.58. The van der Waals surface area contributed by atoms with Crippen LogP contribution in [0.1, 0.15) is 17.5 Å². The fraction of sp³-hybridized carbons (Fsp3) is 0.533. The lowest BCUT2D eigenvalue weighted by Crippen LogP contribution is -2.42. The molecule has 20 heavy (non-hydrogen) atoms. The monoisotopic (exact) mass is 279 g/mol. The average Bonchev–Trinajstić information content (AvgIpc) is 2.38. The van der Waals surface area contributed by atoms with Crippen LogP contribution in [0, 0.1) is 6.92 Å². The minimum Gasteiger partial charge on any atom is -0.496 e. The van der Waals surface area contributed by atoms with Crippen LogP contribution in [0.15, 0.2) is 18.2 Å². The highest BCUT2D eigenvalue weighted by Gasteiger charge is 2.23. The second kappa shape index (κ2) is 6.72. The summed E-state index contributed by atoms with van der Waals surface area (Å²) in [5.74, 6) is 0.0573. The standard InChI is InChI=1S/C15H21NO4/c1-11-3-4-14(19-2)12(7-11)9-16-5-6-20-13(10-16)8-15(17)18/h3-4,7,13H,5-6,8-10H2,1-2H3,(H,17,18). The van der Waals surface area contributed by atoms with Crippen LogP contribution < -0.4 is 4.74 Å². The number of morpholine rings is 1. The van der Waals surface area contributed by atoms with Crippen molar-refractivity contribution in [3.8, 4) is 5.75 Å². The first-order valence-electron chi connectivity index (χ1n) is 6.77. The van der Waals surface area contributed by atoms with Crippen molar-refractivity contribution in [2.45, 2.75) is 26.0 Å². The van der Waals surface area contributed by atoms with E-state index in [1.165, 1.54) is 5.56 Å². The molecule has 0 aromatic heterocycles. The van der Waals surface area contributed by atoms with Crippen molar-refractivity contribution in [3.63, 3.8) is 0 Å². The number of benzene rings is 1. The molecule has 5 nitrogen and oxygen atoms in total. The van der Waals surface area contributed by atoms with Gasteiger partial charge in [0.15, 0.2) is 0 Å². The topological polar surface area (TPSA) is 59.0 Å². The van der Waals surface area contributed by atoms with Gasteiger partial charge in [-0.2, -0.15) is 0 Å². The van der Waals surface area contributed by atoms with E-state index < -0.39 is 5.97 Å². The van der Waals surface area contributed by atoms with E-state index in [1.807, 2.05) is 12.1 Å². The van der Waals surface area contributed by atoms with E-state index in [1.54, 1.807) is 7.11 Å². The molecule has 0 saturated carbocycles. The predicted octanol–water partition coefficient (Wildman–Crippen LogP) is 1.68. The molecule has 0 amide bonds. The highest BCUT2D eigenvalue weighted by molar-refractivity contribution is 5.67. The summed E-state index contributed by atoms with van der Waals surface area (Å²) in [5, 5.41) is 8.84. The summed E-state index contributed by atoms with van der Waals surface area (Å²) < 4.78 is 10.9. The van der Waals surface area contributed by atoms with Gasteiger partial charge in [0.1, 0.15) is 5.75 Å². The summed E-state index contributed by atoms with van der Waals surface area (Å²) in [6.07, 6.45) is -0.168. The molecule has 1 fully saturated rings. The molecule has 1 atom stereocenters. The lowest BCUT2D eigenvalue weighted by molar-refractivity contribution is -0.142. The van der Waals surface area contributed by atoms with E-state index in [0.29, 0.717) is 13.2 Å². The Bertz CT molecular complexity index is 475. The number of methoxy groups -OCH3 is 1. The average molecular weight is 279 g/mol. The van der Waals surface area contributed by atoms with Crippen molar-refractivity contribution in [1.82, 2.24) is 4.90 Å². The number of carboxylic acid groups (broad SMARTS) is 1. The van der Waals surface area contributed by atoms with Crippen molar-refractivity contribution in [2.24, 2.45) is 0 Å². The molecule has 2 rings (SSSR count). The highest BCUT2D eigenvalue weighted by atomic mass is 16.5. The molecule has 0 spiro atoms. The smallest absolute Gasteiger partial charge is 0.306 e. The summed E-state index contributed by atoms with van der Waals surface area (Å²) >= 11 is 0. The van der Waals surface area contributed by atoms with E-state index >= 15 is 0 Å².